The normalized spacial score (nSPS) is 11.5. The van der Waals surface area contributed by atoms with Crippen molar-refractivity contribution in [3.63, 3.8) is 0 Å². The van der Waals surface area contributed by atoms with E-state index in [1.807, 2.05) is 5.32 Å². The van der Waals surface area contributed by atoms with Crippen molar-refractivity contribution in [2.45, 2.75) is 46.1 Å². The molecule has 0 spiro atoms. The number of hydrogen-bond acceptors (Lipinski definition) is 5. The Kier molecular flexibility index (Phi) is 8.17. The fourth-order valence-corrected chi connectivity index (χ4v) is 2.05. The van der Waals surface area contributed by atoms with Gasteiger partial charge in [-0.1, -0.05) is 0 Å². The number of carboxylic acid groups (broad SMARTS) is 2. The molecule has 28 heavy (non-hydrogen) atoms. The summed E-state index contributed by atoms with van der Waals surface area (Å²) in [4.78, 5) is 40.4. The molecule has 5 N–H and O–H groups in total. The number of guanidine groups is 1. The second-order valence-corrected chi connectivity index (χ2v) is 6.81. The van der Waals surface area contributed by atoms with E-state index in [2.05, 4.69) is 20.6 Å². The zero-order valence-electron chi connectivity index (χ0n) is 16.2. The highest BCUT2D eigenvalue weighted by molar-refractivity contribution is 6.05. The number of aryl methyl sites for hydroxylation is 2. The van der Waals surface area contributed by atoms with Crippen LogP contribution in [0, 0.1) is 6.92 Å². The Bertz CT molecular complexity index is 757. The van der Waals surface area contributed by atoms with Crippen LogP contribution in [0.25, 0.3) is 0 Å². The quantitative estimate of drug-likeness (QED) is 0.288. The lowest BCUT2D eigenvalue weighted by atomic mass is 10.1. The third-order valence-electron chi connectivity index (χ3n) is 3.14. The summed E-state index contributed by atoms with van der Waals surface area (Å²) in [6.07, 6.45) is -0.658. The first-order valence-electron chi connectivity index (χ1n) is 8.47. The summed E-state index contributed by atoms with van der Waals surface area (Å²) < 4.78 is 5.14. The van der Waals surface area contributed by atoms with E-state index < -0.39 is 29.8 Å². The largest absolute Gasteiger partial charge is 0.465 e. The maximum Gasteiger partial charge on any atom is 0.434 e. The van der Waals surface area contributed by atoms with Crippen LogP contribution in [0.1, 0.15) is 38.4 Å². The predicted molar refractivity (Wildman–Crippen MR) is 102 cm³/mol. The zero-order valence-corrected chi connectivity index (χ0v) is 16.2. The molecular formula is C17H25N5O6. The highest BCUT2D eigenvalue weighted by atomic mass is 16.6. The number of alkyl carbamates (subject to hydrolysis) is 1. The summed E-state index contributed by atoms with van der Waals surface area (Å²) >= 11 is 0. The van der Waals surface area contributed by atoms with Gasteiger partial charge in [0.05, 0.1) is 11.4 Å². The van der Waals surface area contributed by atoms with Crippen molar-refractivity contribution >= 4 is 29.9 Å². The molecule has 1 aromatic heterocycles. The third-order valence-corrected chi connectivity index (χ3v) is 3.14. The summed E-state index contributed by atoms with van der Waals surface area (Å²) in [7, 11) is 0. The van der Waals surface area contributed by atoms with Crippen molar-refractivity contribution in [2.75, 3.05) is 11.9 Å². The first-order valence-corrected chi connectivity index (χ1v) is 8.47. The van der Waals surface area contributed by atoms with Crippen molar-refractivity contribution in [3.05, 3.63) is 23.5 Å². The van der Waals surface area contributed by atoms with Gasteiger partial charge in [0.1, 0.15) is 5.60 Å². The number of carbonyl (C=O) groups excluding carboxylic acids is 1. The van der Waals surface area contributed by atoms with Gasteiger partial charge in [-0.2, -0.15) is 0 Å². The average molecular weight is 395 g/mol. The maximum absolute atomic E-state index is 11.6. The molecule has 0 aliphatic carbocycles. The van der Waals surface area contributed by atoms with Crippen molar-refractivity contribution in [3.8, 4) is 0 Å². The predicted octanol–water partition coefficient (Wildman–Crippen LogP) is 2.56. The van der Waals surface area contributed by atoms with Gasteiger partial charge in [-0.25, -0.2) is 14.4 Å². The zero-order chi connectivity index (χ0) is 21.3. The van der Waals surface area contributed by atoms with Crippen molar-refractivity contribution in [1.29, 1.82) is 0 Å². The van der Waals surface area contributed by atoms with Crippen LogP contribution in [0.3, 0.4) is 0 Å². The summed E-state index contributed by atoms with van der Waals surface area (Å²) in [6.45, 7) is 7.41. The first-order chi connectivity index (χ1) is 13.0. The summed E-state index contributed by atoms with van der Waals surface area (Å²) in [5, 5.41) is 24.6. The Labute approximate surface area is 162 Å². The highest BCUT2D eigenvalue weighted by Crippen LogP contribution is 2.15. The Hall–Kier alpha value is -3.37. The molecule has 3 amide bonds. The Morgan fingerprint density at radius 1 is 1.25 bits per heavy atom. The van der Waals surface area contributed by atoms with E-state index in [4.69, 9.17) is 14.9 Å². The molecular weight excluding hydrogens is 370 g/mol. The van der Waals surface area contributed by atoms with E-state index >= 15 is 0 Å². The Balaban J connectivity index is 2.68. The Morgan fingerprint density at radius 3 is 2.50 bits per heavy atom. The van der Waals surface area contributed by atoms with Crippen LogP contribution in [-0.2, 0) is 11.2 Å². The summed E-state index contributed by atoms with van der Waals surface area (Å²) in [5.41, 5.74) is 1.18. The SMILES string of the molecule is Cc1ncc(CCCNC(=O)OC(C)(C)C)cc1NC(=NC(=O)O)NC(=O)O. The Morgan fingerprint density at radius 2 is 1.93 bits per heavy atom. The van der Waals surface area contributed by atoms with E-state index in [-0.39, 0.29) is 0 Å². The van der Waals surface area contributed by atoms with Gasteiger partial charge in [0, 0.05) is 12.7 Å². The molecule has 0 atom stereocenters. The number of amides is 3. The van der Waals surface area contributed by atoms with Gasteiger partial charge in [-0.15, -0.1) is 4.99 Å². The monoisotopic (exact) mass is 395 g/mol. The molecule has 0 aliphatic rings. The van der Waals surface area contributed by atoms with E-state index in [1.54, 1.807) is 40.0 Å². The number of rotatable bonds is 5. The number of carbonyl (C=O) groups is 3. The topological polar surface area (TPSA) is 162 Å². The minimum absolute atomic E-state index is 0.401. The van der Waals surface area contributed by atoms with E-state index in [0.29, 0.717) is 30.8 Å². The van der Waals surface area contributed by atoms with E-state index in [0.717, 1.165) is 5.56 Å². The molecule has 0 unspecified atom stereocenters. The van der Waals surface area contributed by atoms with E-state index in [9.17, 15) is 14.4 Å². The number of nitrogens with zero attached hydrogens (tertiary/aromatic N) is 2. The lowest BCUT2D eigenvalue weighted by Crippen LogP contribution is -2.35. The molecule has 11 nitrogen and oxygen atoms in total. The lowest BCUT2D eigenvalue weighted by Gasteiger charge is -2.19. The average Bonchev–Trinajstić information content (AvgIpc) is 2.51. The molecule has 0 bridgehead atoms. The van der Waals surface area contributed by atoms with Crippen LogP contribution in [0.2, 0.25) is 0 Å². The summed E-state index contributed by atoms with van der Waals surface area (Å²) in [6, 6.07) is 1.71. The number of nitrogens with one attached hydrogen (secondary N) is 3. The smallest absolute Gasteiger partial charge is 0.434 e. The van der Waals surface area contributed by atoms with Crippen molar-refractivity contribution in [1.82, 2.24) is 15.6 Å². The first kappa shape index (κ1) is 22.7. The van der Waals surface area contributed by atoms with Gasteiger partial charge in [0.2, 0.25) is 5.96 Å². The lowest BCUT2D eigenvalue weighted by molar-refractivity contribution is 0.0527. The number of pyridine rings is 1. The molecule has 0 fully saturated rings. The van der Waals surface area contributed by atoms with Gasteiger partial charge < -0.3 is 25.6 Å². The fourth-order valence-electron chi connectivity index (χ4n) is 2.05. The van der Waals surface area contributed by atoms with Gasteiger partial charge in [0.15, 0.2) is 0 Å². The molecule has 0 aliphatic heterocycles. The number of ether oxygens (including phenoxy) is 1. The highest BCUT2D eigenvalue weighted by Gasteiger charge is 2.15. The van der Waals surface area contributed by atoms with E-state index in [1.165, 1.54) is 0 Å². The van der Waals surface area contributed by atoms with Crippen molar-refractivity contribution < 1.29 is 29.3 Å². The minimum atomic E-state index is -1.55. The number of anilines is 1. The van der Waals surface area contributed by atoms with Gasteiger partial charge in [-0.05, 0) is 52.2 Å². The molecule has 1 rings (SSSR count). The molecule has 1 heterocycles. The van der Waals surface area contributed by atoms with Crippen LogP contribution in [0.4, 0.5) is 20.1 Å². The number of aliphatic imine (C=N–C) groups is 1. The van der Waals surface area contributed by atoms with Crippen molar-refractivity contribution in [2.24, 2.45) is 4.99 Å². The van der Waals surface area contributed by atoms with Crippen LogP contribution in [0.15, 0.2) is 17.3 Å². The molecule has 0 aromatic carbocycles. The second-order valence-electron chi connectivity index (χ2n) is 6.81. The van der Waals surface area contributed by atoms with Crippen LogP contribution in [0.5, 0.6) is 0 Å². The minimum Gasteiger partial charge on any atom is -0.465 e. The fraction of sp³-hybridized carbons (Fsp3) is 0.471. The molecule has 154 valence electrons. The standard InChI is InChI=1S/C17H25N5O6/c1-10-12(20-13(21-14(23)24)22-15(25)26)8-11(9-19-10)6-5-7-18-16(27)28-17(2,3)4/h8-9H,5-7H2,1-4H3,(H,18,27)(H,23,24)(H,25,26)(H2,20,21,22). The molecule has 0 radical (unpaired) electrons. The van der Waals surface area contributed by atoms with Gasteiger partial charge in [0.25, 0.3) is 0 Å². The molecule has 0 saturated carbocycles. The van der Waals surface area contributed by atoms with Crippen LogP contribution in [-0.4, -0.2) is 51.6 Å². The summed E-state index contributed by atoms with van der Waals surface area (Å²) in [5.74, 6) is -0.450. The molecule has 1 aromatic rings. The molecule has 11 heteroatoms. The van der Waals surface area contributed by atoms with Crippen LogP contribution >= 0.6 is 0 Å². The third kappa shape index (κ3) is 9.36. The van der Waals surface area contributed by atoms with Gasteiger partial charge in [-0.3, -0.25) is 10.3 Å². The van der Waals surface area contributed by atoms with Crippen LogP contribution < -0.4 is 16.0 Å². The number of aromatic nitrogens is 1. The maximum atomic E-state index is 11.6. The molecule has 0 saturated heterocycles. The van der Waals surface area contributed by atoms with Gasteiger partial charge >= 0.3 is 18.3 Å². The number of hydrogen-bond donors (Lipinski definition) is 5. The second kappa shape index (κ2) is 10.1.